The fraction of sp³-hybridized carbons (Fsp3) is 0.267. The van der Waals surface area contributed by atoms with E-state index in [0.29, 0.717) is 6.41 Å². The van der Waals surface area contributed by atoms with Crippen LogP contribution in [-0.2, 0) is 17.8 Å². The lowest BCUT2D eigenvalue weighted by atomic mass is 10.1. The molecule has 2 aromatic rings. The third-order valence-electron chi connectivity index (χ3n) is 3.15. The molecule has 0 fully saturated rings. The van der Waals surface area contributed by atoms with Gasteiger partial charge in [0, 0.05) is 24.6 Å². The van der Waals surface area contributed by atoms with Crippen LogP contribution in [0, 0.1) is 13.8 Å². The summed E-state index contributed by atoms with van der Waals surface area (Å²) in [4.78, 5) is 10.4. The Hall–Kier alpha value is -2.03. The monoisotopic (exact) mass is 242 g/mol. The second-order valence-corrected chi connectivity index (χ2v) is 4.57. The number of hydrogen-bond acceptors (Lipinski definition) is 1. The first-order valence-corrected chi connectivity index (χ1v) is 6.11. The summed E-state index contributed by atoms with van der Waals surface area (Å²) in [5, 5.41) is 2.67. The Bertz CT molecular complexity index is 524. The zero-order valence-corrected chi connectivity index (χ0v) is 10.8. The molecule has 1 aromatic carbocycles. The predicted octanol–water partition coefficient (Wildman–Crippen LogP) is 2.92. The number of amides is 1. The summed E-state index contributed by atoms with van der Waals surface area (Å²) < 4.78 is 2.21. The van der Waals surface area contributed by atoms with Crippen molar-refractivity contribution in [3.05, 3.63) is 53.3 Å². The lowest BCUT2D eigenvalue weighted by Gasteiger charge is -2.05. The van der Waals surface area contributed by atoms with Gasteiger partial charge in [-0.3, -0.25) is 4.79 Å². The standard InChI is InChI=1S/C15H18N2O/c1-12-9-17(10-13(12)2)7-6-14-4-3-5-15(8-14)16-11-18/h3-5,8-11H,6-7H2,1-2H3,(H,16,18). The van der Waals surface area contributed by atoms with Gasteiger partial charge >= 0.3 is 0 Å². The first kappa shape index (κ1) is 12.4. The number of aryl methyl sites for hydroxylation is 4. The molecule has 2 rings (SSSR count). The van der Waals surface area contributed by atoms with E-state index >= 15 is 0 Å². The van der Waals surface area contributed by atoms with Gasteiger partial charge in [-0.25, -0.2) is 0 Å². The average Bonchev–Trinajstić information content (AvgIpc) is 2.67. The maximum Gasteiger partial charge on any atom is 0.211 e. The predicted molar refractivity (Wildman–Crippen MR) is 73.7 cm³/mol. The van der Waals surface area contributed by atoms with Crippen LogP contribution in [-0.4, -0.2) is 11.0 Å². The van der Waals surface area contributed by atoms with E-state index in [9.17, 15) is 4.79 Å². The number of nitrogens with zero attached hydrogens (tertiary/aromatic N) is 1. The van der Waals surface area contributed by atoms with Gasteiger partial charge in [0.2, 0.25) is 6.41 Å². The molecule has 0 saturated heterocycles. The highest BCUT2D eigenvalue weighted by Crippen LogP contribution is 2.12. The van der Waals surface area contributed by atoms with Gasteiger partial charge in [-0.05, 0) is 49.1 Å². The van der Waals surface area contributed by atoms with E-state index in [4.69, 9.17) is 0 Å². The van der Waals surface area contributed by atoms with E-state index in [-0.39, 0.29) is 0 Å². The smallest absolute Gasteiger partial charge is 0.211 e. The number of anilines is 1. The Labute approximate surface area is 107 Å². The van der Waals surface area contributed by atoms with Gasteiger partial charge in [0.05, 0.1) is 0 Å². The van der Waals surface area contributed by atoms with Gasteiger partial charge in [0.15, 0.2) is 0 Å². The van der Waals surface area contributed by atoms with Crippen molar-refractivity contribution in [3.63, 3.8) is 0 Å². The van der Waals surface area contributed by atoms with E-state index in [0.717, 1.165) is 18.7 Å². The number of hydrogen-bond donors (Lipinski definition) is 1. The summed E-state index contributed by atoms with van der Waals surface area (Å²) in [5.74, 6) is 0. The zero-order valence-electron chi connectivity index (χ0n) is 10.8. The minimum absolute atomic E-state index is 0.706. The number of nitrogens with one attached hydrogen (secondary N) is 1. The first-order chi connectivity index (χ1) is 8.69. The maximum absolute atomic E-state index is 10.4. The minimum atomic E-state index is 0.706. The van der Waals surface area contributed by atoms with Gasteiger partial charge in [-0.2, -0.15) is 0 Å². The van der Waals surface area contributed by atoms with Crippen molar-refractivity contribution in [1.82, 2.24) is 4.57 Å². The summed E-state index contributed by atoms with van der Waals surface area (Å²) in [7, 11) is 0. The summed E-state index contributed by atoms with van der Waals surface area (Å²) in [6.07, 6.45) is 6.01. The van der Waals surface area contributed by atoms with Crippen LogP contribution < -0.4 is 5.32 Å². The van der Waals surface area contributed by atoms with Crippen LogP contribution in [0.15, 0.2) is 36.7 Å². The van der Waals surface area contributed by atoms with Crippen molar-refractivity contribution in [1.29, 1.82) is 0 Å². The second kappa shape index (κ2) is 5.54. The Morgan fingerprint density at radius 3 is 2.61 bits per heavy atom. The average molecular weight is 242 g/mol. The maximum atomic E-state index is 10.4. The molecule has 18 heavy (non-hydrogen) atoms. The van der Waals surface area contributed by atoms with Crippen molar-refractivity contribution in [3.8, 4) is 0 Å². The molecule has 0 aliphatic carbocycles. The van der Waals surface area contributed by atoms with E-state index in [2.05, 4.69) is 42.2 Å². The summed E-state index contributed by atoms with van der Waals surface area (Å²) in [5.41, 5.74) is 4.73. The Morgan fingerprint density at radius 2 is 1.94 bits per heavy atom. The number of aromatic nitrogens is 1. The number of benzene rings is 1. The van der Waals surface area contributed by atoms with Gasteiger partial charge in [0.1, 0.15) is 0 Å². The van der Waals surface area contributed by atoms with Crippen molar-refractivity contribution < 1.29 is 4.79 Å². The molecule has 0 spiro atoms. The topological polar surface area (TPSA) is 34.0 Å². The molecule has 0 bridgehead atoms. The molecule has 0 unspecified atom stereocenters. The number of carbonyl (C=O) groups excluding carboxylic acids is 1. The van der Waals surface area contributed by atoms with Crippen LogP contribution in [0.1, 0.15) is 16.7 Å². The Morgan fingerprint density at radius 1 is 1.22 bits per heavy atom. The van der Waals surface area contributed by atoms with Gasteiger partial charge < -0.3 is 9.88 Å². The van der Waals surface area contributed by atoms with Crippen molar-refractivity contribution in [2.45, 2.75) is 26.8 Å². The summed E-state index contributed by atoms with van der Waals surface area (Å²) >= 11 is 0. The van der Waals surface area contributed by atoms with E-state index < -0.39 is 0 Å². The van der Waals surface area contributed by atoms with Crippen molar-refractivity contribution in [2.24, 2.45) is 0 Å². The third kappa shape index (κ3) is 3.00. The Balaban J connectivity index is 2.01. The quantitative estimate of drug-likeness (QED) is 0.804. The summed E-state index contributed by atoms with van der Waals surface area (Å²) in [6.45, 7) is 5.21. The number of rotatable bonds is 5. The molecule has 1 amide bonds. The molecule has 1 aromatic heterocycles. The molecule has 0 radical (unpaired) electrons. The van der Waals surface area contributed by atoms with Gasteiger partial charge in [0.25, 0.3) is 0 Å². The lowest BCUT2D eigenvalue weighted by molar-refractivity contribution is -0.105. The Kier molecular flexibility index (Phi) is 3.82. The molecule has 3 heteroatoms. The molecule has 0 saturated carbocycles. The van der Waals surface area contributed by atoms with E-state index in [1.807, 2.05) is 18.2 Å². The lowest BCUT2D eigenvalue weighted by Crippen LogP contribution is -2.00. The molecule has 3 nitrogen and oxygen atoms in total. The van der Waals surface area contributed by atoms with Gasteiger partial charge in [-0.1, -0.05) is 12.1 Å². The normalized spacial score (nSPS) is 10.3. The molecule has 0 aliphatic rings. The van der Waals surface area contributed by atoms with Crippen LogP contribution in [0.25, 0.3) is 0 Å². The minimum Gasteiger partial charge on any atom is -0.353 e. The van der Waals surface area contributed by atoms with E-state index in [1.54, 1.807) is 0 Å². The molecule has 0 atom stereocenters. The van der Waals surface area contributed by atoms with E-state index in [1.165, 1.54) is 16.7 Å². The van der Waals surface area contributed by atoms with Crippen LogP contribution >= 0.6 is 0 Å². The zero-order chi connectivity index (χ0) is 13.0. The molecule has 0 aliphatic heterocycles. The highest BCUT2D eigenvalue weighted by Gasteiger charge is 1.99. The van der Waals surface area contributed by atoms with Crippen LogP contribution in [0.3, 0.4) is 0 Å². The van der Waals surface area contributed by atoms with Crippen molar-refractivity contribution >= 4 is 12.1 Å². The van der Waals surface area contributed by atoms with Crippen LogP contribution in [0.2, 0.25) is 0 Å². The summed E-state index contributed by atoms with van der Waals surface area (Å²) in [6, 6.07) is 7.95. The molecule has 1 N–H and O–H groups in total. The third-order valence-corrected chi connectivity index (χ3v) is 3.15. The second-order valence-electron chi connectivity index (χ2n) is 4.57. The molecule has 1 heterocycles. The highest BCUT2D eigenvalue weighted by molar-refractivity contribution is 5.71. The highest BCUT2D eigenvalue weighted by atomic mass is 16.1. The van der Waals surface area contributed by atoms with Crippen LogP contribution in [0.4, 0.5) is 5.69 Å². The van der Waals surface area contributed by atoms with Crippen molar-refractivity contribution in [2.75, 3.05) is 5.32 Å². The SMILES string of the molecule is Cc1cn(CCc2cccc(NC=O)c2)cc1C. The fourth-order valence-corrected chi connectivity index (χ4v) is 2.01. The first-order valence-electron chi connectivity index (χ1n) is 6.11. The fourth-order valence-electron chi connectivity index (χ4n) is 2.01. The molecular formula is C15H18N2O. The van der Waals surface area contributed by atoms with Gasteiger partial charge in [-0.15, -0.1) is 0 Å². The van der Waals surface area contributed by atoms with Crippen LogP contribution in [0.5, 0.6) is 0 Å². The molecule has 94 valence electrons. The molecular weight excluding hydrogens is 224 g/mol. The largest absolute Gasteiger partial charge is 0.353 e. The number of carbonyl (C=O) groups is 1.